The quantitative estimate of drug-likeness (QED) is 0.467. The average molecular weight is 479 g/mol. The van der Waals surface area contributed by atoms with Gasteiger partial charge in [-0.3, -0.25) is 9.69 Å². The molecule has 2 aliphatic carbocycles. The lowest BCUT2D eigenvalue weighted by atomic mass is 9.57. The fourth-order valence-corrected chi connectivity index (χ4v) is 6.21. The number of aliphatic hydroxyl groups is 1. The van der Waals surface area contributed by atoms with Crippen molar-refractivity contribution < 1.29 is 14.6 Å². The van der Waals surface area contributed by atoms with Crippen LogP contribution < -0.4 is 0 Å². The molecular formula is C30H42N2O3. The minimum atomic E-state index is -1.04. The van der Waals surface area contributed by atoms with E-state index in [-0.39, 0.29) is 17.8 Å². The lowest BCUT2D eigenvalue weighted by Crippen LogP contribution is -2.57. The SMILES string of the molecule is CC(=O)O[C@@H]1[C][C@@]2(O)[C@H](C)CC[C@@H]([C@H](C)CN3CCN(C/C=C/c4ccccc4)CC3)[C@H]2C=C1C. The zero-order valence-corrected chi connectivity index (χ0v) is 21.8. The van der Waals surface area contributed by atoms with Crippen molar-refractivity contribution in [2.24, 2.45) is 23.7 Å². The molecule has 2 radical (unpaired) electrons. The zero-order valence-electron chi connectivity index (χ0n) is 21.8. The molecule has 0 spiro atoms. The maximum atomic E-state index is 11.7. The number of ether oxygens (including phenoxy) is 1. The standard InChI is InChI=1S/C30H42N2O3/c1-22-19-28-27(13-12-24(3)30(28,34)20-29(22)35-25(4)33)23(2)21-32-17-15-31(16-18-32)14-8-11-26-9-6-5-7-10-26/h5-11,19,23-24,27-29,34H,12-18,21H2,1-4H3/b11-8+/t23-,24-,27+,28-,29-,30-/m1/s1. The van der Waals surface area contributed by atoms with Gasteiger partial charge in [0.2, 0.25) is 0 Å². The van der Waals surface area contributed by atoms with Gasteiger partial charge >= 0.3 is 5.97 Å². The van der Waals surface area contributed by atoms with Gasteiger partial charge in [-0.1, -0.05) is 62.4 Å². The van der Waals surface area contributed by atoms with Crippen LogP contribution in [0.25, 0.3) is 6.08 Å². The summed E-state index contributed by atoms with van der Waals surface area (Å²) in [5.41, 5.74) is 1.20. The van der Waals surface area contributed by atoms with Crippen molar-refractivity contribution in [2.45, 2.75) is 52.2 Å². The highest BCUT2D eigenvalue weighted by molar-refractivity contribution is 5.66. The first kappa shape index (κ1) is 26.1. The van der Waals surface area contributed by atoms with Gasteiger partial charge in [0.15, 0.2) is 0 Å². The zero-order chi connectivity index (χ0) is 25.0. The topological polar surface area (TPSA) is 53.0 Å². The molecule has 1 N–H and O–H groups in total. The Morgan fingerprint density at radius 2 is 1.89 bits per heavy atom. The minimum Gasteiger partial charge on any atom is -0.457 e. The van der Waals surface area contributed by atoms with E-state index in [1.165, 1.54) is 12.5 Å². The van der Waals surface area contributed by atoms with Crippen LogP contribution in [-0.2, 0) is 9.53 Å². The summed E-state index contributed by atoms with van der Waals surface area (Å²) in [4.78, 5) is 16.7. The van der Waals surface area contributed by atoms with Gasteiger partial charge in [0.05, 0.1) is 12.0 Å². The lowest BCUT2D eigenvalue weighted by molar-refractivity contribution is -0.148. The lowest BCUT2D eigenvalue weighted by Gasteiger charge is -2.53. The predicted molar refractivity (Wildman–Crippen MR) is 140 cm³/mol. The molecule has 5 nitrogen and oxygen atoms in total. The molecule has 5 heteroatoms. The number of nitrogens with zero attached hydrogens (tertiary/aromatic N) is 2. The van der Waals surface area contributed by atoms with Crippen molar-refractivity contribution in [2.75, 3.05) is 39.3 Å². The van der Waals surface area contributed by atoms with Gasteiger partial charge in [0.1, 0.15) is 6.10 Å². The van der Waals surface area contributed by atoms with E-state index in [9.17, 15) is 9.90 Å². The van der Waals surface area contributed by atoms with Gasteiger partial charge in [0, 0.05) is 52.1 Å². The normalized spacial score (nSPS) is 33.2. The maximum absolute atomic E-state index is 11.7. The summed E-state index contributed by atoms with van der Waals surface area (Å²) in [6, 6.07) is 10.5. The largest absolute Gasteiger partial charge is 0.457 e. The van der Waals surface area contributed by atoms with E-state index in [1.807, 2.05) is 13.0 Å². The maximum Gasteiger partial charge on any atom is 0.303 e. The van der Waals surface area contributed by atoms with Crippen LogP contribution in [0.15, 0.2) is 48.1 Å². The first-order chi connectivity index (χ1) is 16.8. The van der Waals surface area contributed by atoms with Crippen molar-refractivity contribution in [3.63, 3.8) is 0 Å². The number of rotatable bonds is 7. The van der Waals surface area contributed by atoms with E-state index in [2.05, 4.69) is 72.6 Å². The fraction of sp³-hybridized carbons (Fsp3) is 0.600. The summed E-state index contributed by atoms with van der Waals surface area (Å²) in [7, 11) is 0. The molecular weight excluding hydrogens is 436 g/mol. The van der Waals surface area contributed by atoms with Crippen LogP contribution in [-0.4, -0.2) is 71.8 Å². The number of benzene rings is 1. The number of carbonyl (C=O) groups is 1. The van der Waals surface area contributed by atoms with Gasteiger partial charge in [0.25, 0.3) is 0 Å². The highest BCUT2D eigenvalue weighted by Gasteiger charge is 2.53. The Balaban J connectivity index is 1.32. The molecule has 0 unspecified atom stereocenters. The molecule has 1 saturated carbocycles. The Morgan fingerprint density at radius 1 is 1.20 bits per heavy atom. The highest BCUT2D eigenvalue weighted by atomic mass is 16.5. The molecule has 1 aliphatic heterocycles. The average Bonchev–Trinajstić information content (AvgIpc) is 2.83. The van der Waals surface area contributed by atoms with Crippen LogP contribution in [0, 0.1) is 30.1 Å². The molecule has 190 valence electrons. The Bertz CT molecular complexity index is 905. The third-order valence-corrected chi connectivity index (χ3v) is 8.37. The number of hydrogen-bond donors (Lipinski definition) is 1. The molecule has 0 aromatic heterocycles. The minimum absolute atomic E-state index is 0.0254. The van der Waals surface area contributed by atoms with Gasteiger partial charge in [-0.25, -0.2) is 0 Å². The molecule has 1 aromatic carbocycles. The monoisotopic (exact) mass is 478 g/mol. The highest BCUT2D eigenvalue weighted by Crippen LogP contribution is 2.50. The second-order valence-corrected chi connectivity index (χ2v) is 10.9. The number of fused-ring (bicyclic) bond motifs is 1. The van der Waals surface area contributed by atoms with Crippen molar-refractivity contribution in [3.8, 4) is 0 Å². The molecule has 0 bridgehead atoms. The van der Waals surface area contributed by atoms with Crippen LogP contribution in [0.2, 0.25) is 0 Å². The summed E-state index contributed by atoms with van der Waals surface area (Å²) in [6.07, 6.45) is 11.5. The van der Waals surface area contributed by atoms with Crippen LogP contribution in [0.4, 0.5) is 0 Å². The molecule has 2 fully saturated rings. The third-order valence-electron chi connectivity index (χ3n) is 8.37. The van der Waals surface area contributed by atoms with E-state index < -0.39 is 11.7 Å². The fourth-order valence-electron chi connectivity index (χ4n) is 6.21. The van der Waals surface area contributed by atoms with Crippen LogP contribution in [0.3, 0.4) is 0 Å². The molecule has 1 saturated heterocycles. The molecule has 3 aliphatic rings. The molecule has 35 heavy (non-hydrogen) atoms. The number of piperazine rings is 1. The number of hydrogen-bond acceptors (Lipinski definition) is 5. The van der Waals surface area contributed by atoms with E-state index in [0.717, 1.165) is 57.7 Å². The van der Waals surface area contributed by atoms with Crippen molar-refractivity contribution in [1.82, 2.24) is 9.80 Å². The van der Waals surface area contributed by atoms with E-state index in [4.69, 9.17) is 4.74 Å². The van der Waals surface area contributed by atoms with Gasteiger partial charge in [-0.05, 0) is 48.7 Å². The van der Waals surface area contributed by atoms with Crippen molar-refractivity contribution in [1.29, 1.82) is 0 Å². The predicted octanol–water partition coefficient (Wildman–Crippen LogP) is 4.32. The second kappa shape index (κ2) is 11.4. The summed E-state index contributed by atoms with van der Waals surface area (Å²) in [5, 5.41) is 11.7. The molecule has 0 amide bonds. The molecule has 1 heterocycles. The summed E-state index contributed by atoms with van der Waals surface area (Å²) in [5.74, 6) is 0.659. The van der Waals surface area contributed by atoms with E-state index in [0.29, 0.717) is 11.8 Å². The van der Waals surface area contributed by atoms with Crippen molar-refractivity contribution in [3.05, 3.63) is 60.0 Å². The number of carbonyl (C=O) groups excluding carboxylic acids is 1. The molecule has 1 aromatic rings. The van der Waals surface area contributed by atoms with E-state index in [1.54, 1.807) is 0 Å². The Labute approximate surface area is 211 Å². The number of esters is 1. The van der Waals surface area contributed by atoms with Crippen LogP contribution in [0.5, 0.6) is 0 Å². The van der Waals surface area contributed by atoms with Crippen LogP contribution in [0.1, 0.15) is 46.1 Å². The Kier molecular flexibility index (Phi) is 8.51. The summed E-state index contributed by atoms with van der Waals surface area (Å²) < 4.78 is 5.45. The first-order valence-electron chi connectivity index (χ1n) is 13.3. The summed E-state index contributed by atoms with van der Waals surface area (Å²) in [6.45, 7) is 14.3. The molecule has 6 atom stereocenters. The molecule has 4 rings (SSSR count). The third kappa shape index (κ3) is 6.25. The van der Waals surface area contributed by atoms with Gasteiger partial charge in [-0.15, -0.1) is 0 Å². The Morgan fingerprint density at radius 3 is 2.57 bits per heavy atom. The summed E-state index contributed by atoms with van der Waals surface area (Å²) >= 11 is 0. The van der Waals surface area contributed by atoms with Crippen LogP contribution >= 0.6 is 0 Å². The van der Waals surface area contributed by atoms with Crippen molar-refractivity contribution >= 4 is 12.0 Å². The first-order valence-corrected chi connectivity index (χ1v) is 13.3. The van der Waals surface area contributed by atoms with E-state index >= 15 is 0 Å². The second-order valence-electron chi connectivity index (χ2n) is 10.9. The Hall–Kier alpha value is -1.95. The van der Waals surface area contributed by atoms with Gasteiger partial charge in [-0.2, -0.15) is 0 Å². The smallest absolute Gasteiger partial charge is 0.303 e. The van der Waals surface area contributed by atoms with Gasteiger partial charge < -0.3 is 14.7 Å².